The number of ether oxygens (including phenoxy) is 2. The smallest absolute Gasteiger partial charge is 0.241 e. The van der Waals surface area contributed by atoms with E-state index in [4.69, 9.17) is 9.47 Å². The molecule has 9 nitrogen and oxygen atoms in total. The monoisotopic (exact) mass is 459 g/mol. The van der Waals surface area contributed by atoms with Crippen LogP contribution in [0.25, 0.3) is 0 Å². The van der Waals surface area contributed by atoms with Crippen molar-refractivity contribution >= 4 is 33.6 Å². The molecule has 1 aliphatic heterocycles. The van der Waals surface area contributed by atoms with Gasteiger partial charge in [-0.1, -0.05) is 13.8 Å². The summed E-state index contributed by atoms with van der Waals surface area (Å²) >= 11 is 1.51. The van der Waals surface area contributed by atoms with Crippen LogP contribution in [0.5, 0.6) is 11.5 Å². The summed E-state index contributed by atoms with van der Waals surface area (Å²) in [6.07, 6.45) is 2.21. The molecule has 30 heavy (non-hydrogen) atoms. The molecule has 3 N–H and O–H groups in total. The SMILES string of the molecule is CSCCC(NS(=O)(=O)c1ccc2c(c1)OCCO2)C(=O)NCCNC(=O)C(C)C. The minimum atomic E-state index is -3.95. The Morgan fingerprint density at radius 2 is 1.70 bits per heavy atom. The van der Waals surface area contributed by atoms with Crippen LogP contribution in [0.1, 0.15) is 20.3 Å². The lowest BCUT2D eigenvalue weighted by Gasteiger charge is -2.21. The molecule has 0 radical (unpaired) electrons. The van der Waals surface area contributed by atoms with E-state index in [9.17, 15) is 18.0 Å². The lowest BCUT2D eigenvalue weighted by molar-refractivity contribution is -0.125. The summed E-state index contributed by atoms with van der Waals surface area (Å²) in [7, 11) is -3.95. The van der Waals surface area contributed by atoms with Crippen molar-refractivity contribution in [2.45, 2.75) is 31.2 Å². The first kappa shape index (κ1) is 24.3. The van der Waals surface area contributed by atoms with Gasteiger partial charge in [0.2, 0.25) is 21.8 Å². The third-order valence-electron chi connectivity index (χ3n) is 4.30. The Kier molecular flexibility index (Phi) is 9.25. The molecule has 0 saturated heterocycles. The van der Waals surface area contributed by atoms with E-state index in [-0.39, 0.29) is 29.8 Å². The van der Waals surface area contributed by atoms with E-state index < -0.39 is 22.0 Å². The Morgan fingerprint density at radius 3 is 2.33 bits per heavy atom. The fourth-order valence-corrected chi connectivity index (χ4v) is 4.34. The largest absolute Gasteiger partial charge is 0.486 e. The predicted molar refractivity (Wildman–Crippen MR) is 115 cm³/mol. The van der Waals surface area contributed by atoms with Crippen molar-refractivity contribution in [1.82, 2.24) is 15.4 Å². The van der Waals surface area contributed by atoms with Crippen LogP contribution in [0.4, 0.5) is 0 Å². The molecular formula is C19H29N3O6S2. The van der Waals surface area contributed by atoms with E-state index in [0.717, 1.165) is 0 Å². The van der Waals surface area contributed by atoms with Crippen molar-refractivity contribution in [2.24, 2.45) is 5.92 Å². The maximum absolute atomic E-state index is 12.8. The van der Waals surface area contributed by atoms with Gasteiger partial charge in [0.15, 0.2) is 11.5 Å². The van der Waals surface area contributed by atoms with Gasteiger partial charge in [0.25, 0.3) is 0 Å². The van der Waals surface area contributed by atoms with Gasteiger partial charge in [0.1, 0.15) is 19.3 Å². The normalized spacial score (nSPS) is 14.3. The van der Waals surface area contributed by atoms with E-state index in [1.165, 1.54) is 30.0 Å². The van der Waals surface area contributed by atoms with E-state index in [1.54, 1.807) is 13.8 Å². The van der Waals surface area contributed by atoms with Gasteiger partial charge in [-0.15, -0.1) is 0 Å². The van der Waals surface area contributed by atoms with E-state index in [0.29, 0.717) is 36.9 Å². The Morgan fingerprint density at radius 1 is 1.07 bits per heavy atom. The lowest BCUT2D eigenvalue weighted by Crippen LogP contribution is -2.48. The molecule has 0 spiro atoms. The zero-order chi connectivity index (χ0) is 22.1. The third kappa shape index (κ3) is 7.06. The summed E-state index contributed by atoms with van der Waals surface area (Å²) in [6, 6.07) is 3.41. The summed E-state index contributed by atoms with van der Waals surface area (Å²) in [5.74, 6) is 0.751. The number of fused-ring (bicyclic) bond motifs is 1. The molecule has 1 atom stereocenters. The van der Waals surface area contributed by atoms with Crippen molar-refractivity contribution in [3.63, 3.8) is 0 Å². The van der Waals surface area contributed by atoms with Crippen LogP contribution in [0, 0.1) is 5.92 Å². The number of amides is 2. The molecule has 1 aliphatic rings. The molecule has 11 heteroatoms. The third-order valence-corrected chi connectivity index (χ3v) is 6.41. The maximum atomic E-state index is 12.8. The van der Waals surface area contributed by atoms with Crippen molar-refractivity contribution in [1.29, 1.82) is 0 Å². The predicted octanol–water partition coefficient (Wildman–Crippen LogP) is 0.746. The van der Waals surface area contributed by atoms with Gasteiger partial charge in [0, 0.05) is 25.1 Å². The first-order chi connectivity index (χ1) is 14.2. The summed E-state index contributed by atoms with van der Waals surface area (Å²) in [5.41, 5.74) is 0. The Hall–Kier alpha value is -1.98. The number of hydrogen-bond donors (Lipinski definition) is 3. The number of sulfonamides is 1. The zero-order valence-electron chi connectivity index (χ0n) is 17.4. The highest BCUT2D eigenvalue weighted by molar-refractivity contribution is 7.98. The average Bonchev–Trinajstić information content (AvgIpc) is 2.73. The second-order valence-electron chi connectivity index (χ2n) is 7.00. The zero-order valence-corrected chi connectivity index (χ0v) is 19.0. The highest BCUT2D eigenvalue weighted by Gasteiger charge is 2.26. The molecule has 0 aromatic heterocycles. The summed E-state index contributed by atoms with van der Waals surface area (Å²) in [6.45, 7) is 4.78. The molecule has 2 amide bonds. The molecule has 168 valence electrons. The van der Waals surface area contributed by atoms with E-state index >= 15 is 0 Å². The summed E-state index contributed by atoms with van der Waals surface area (Å²) in [4.78, 5) is 24.1. The summed E-state index contributed by atoms with van der Waals surface area (Å²) < 4.78 is 39.0. The fourth-order valence-electron chi connectivity index (χ4n) is 2.62. The molecule has 1 aromatic carbocycles. The van der Waals surface area contributed by atoms with Crippen LogP contribution in [0.3, 0.4) is 0 Å². The second kappa shape index (κ2) is 11.4. The van der Waals surface area contributed by atoms with Crippen LogP contribution in [-0.4, -0.2) is 64.6 Å². The van der Waals surface area contributed by atoms with Crippen molar-refractivity contribution in [3.8, 4) is 11.5 Å². The van der Waals surface area contributed by atoms with Gasteiger partial charge in [-0.25, -0.2) is 8.42 Å². The highest BCUT2D eigenvalue weighted by atomic mass is 32.2. The van der Waals surface area contributed by atoms with Crippen LogP contribution in [-0.2, 0) is 19.6 Å². The van der Waals surface area contributed by atoms with Crippen LogP contribution in [0.15, 0.2) is 23.1 Å². The Balaban J connectivity index is 2.01. The van der Waals surface area contributed by atoms with Gasteiger partial charge in [-0.05, 0) is 30.6 Å². The topological polar surface area (TPSA) is 123 Å². The molecule has 0 saturated carbocycles. The quantitative estimate of drug-likeness (QED) is 0.417. The molecule has 1 aromatic rings. The number of carbonyl (C=O) groups is 2. The fraction of sp³-hybridized carbons (Fsp3) is 0.579. The lowest BCUT2D eigenvalue weighted by atomic mass is 10.2. The second-order valence-corrected chi connectivity index (χ2v) is 9.70. The van der Waals surface area contributed by atoms with E-state index in [1.807, 2.05) is 6.26 Å². The van der Waals surface area contributed by atoms with Gasteiger partial charge in [-0.2, -0.15) is 16.5 Å². The number of benzene rings is 1. The minimum Gasteiger partial charge on any atom is -0.486 e. The molecule has 0 bridgehead atoms. The van der Waals surface area contributed by atoms with Gasteiger partial charge < -0.3 is 20.1 Å². The van der Waals surface area contributed by atoms with Crippen molar-refractivity contribution < 1.29 is 27.5 Å². The van der Waals surface area contributed by atoms with Crippen LogP contribution < -0.4 is 24.8 Å². The molecule has 2 rings (SSSR count). The minimum absolute atomic E-state index is 0.00195. The van der Waals surface area contributed by atoms with Gasteiger partial charge in [0.05, 0.1) is 4.90 Å². The molecule has 0 aliphatic carbocycles. The van der Waals surface area contributed by atoms with Crippen molar-refractivity contribution in [3.05, 3.63) is 18.2 Å². The molecule has 1 unspecified atom stereocenters. The highest BCUT2D eigenvalue weighted by Crippen LogP contribution is 2.32. The summed E-state index contributed by atoms with van der Waals surface area (Å²) in [5, 5.41) is 5.38. The number of nitrogens with one attached hydrogen (secondary N) is 3. The first-order valence-electron chi connectivity index (χ1n) is 9.71. The number of rotatable bonds is 11. The van der Waals surface area contributed by atoms with Crippen LogP contribution in [0.2, 0.25) is 0 Å². The van der Waals surface area contributed by atoms with Gasteiger partial charge in [-0.3, -0.25) is 9.59 Å². The molecule has 1 heterocycles. The Labute approximate surface area is 181 Å². The van der Waals surface area contributed by atoms with Crippen LogP contribution >= 0.6 is 11.8 Å². The van der Waals surface area contributed by atoms with E-state index in [2.05, 4.69) is 15.4 Å². The average molecular weight is 460 g/mol. The number of thioether (sulfide) groups is 1. The molecule has 0 fully saturated rings. The standard InChI is InChI=1S/C19H29N3O6S2/c1-13(2)18(23)20-7-8-21-19(24)15(6-11-29-3)22-30(25,26)14-4-5-16-17(12-14)28-10-9-27-16/h4-5,12-13,15,22H,6-11H2,1-3H3,(H,20,23)(H,21,24). The maximum Gasteiger partial charge on any atom is 0.241 e. The number of carbonyl (C=O) groups excluding carboxylic acids is 2. The van der Waals surface area contributed by atoms with Crippen molar-refractivity contribution in [2.75, 3.05) is 38.3 Å². The Bertz CT molecular complexity index is 845. The first-order valence-corrected chi connectivity index (χ1v) is 12.6. The molecular weight excluding hydrogens is 430 g/mol. The number of hydrogen-bond acceptors (Lipinski definition) is 7. The van der Waals surface area contributed by atoms with Gasteiger partial charge >= 0.3 is 0 Å².